The van der Waals surface area contributed by atoms with Crippen molar-refractivity contribution < 1.29 is 4.74 Å². The molecule has 1 N–H and O–H groups in total. The number of nitrogens with one attached hydrogen (secondary N) is 1. The maximum absolute atomic E-state index is 5.03. The zero-order valence-electron chi connectivity index (χ0n) is 11.2. The van der Waals surface area contributed by atoms with Crippen molar-refractivity contribution in [1.29, 1.82) is 0 Å². The minimum absolute atomic E-state index is 0.469. The number of thioether (sulfide) groups is 1. The molecule has 98 valence electrons. The van der Waals surface area contributed by atoms with Gasteiger partial charge < -0.3 is 14.6 Å². The van der Waals surface area contributed by atoms with Gasteiger partial charge in [-0.1, -0.05) is 0 Å². The van der Waals surface area contributed by atoms with E-state index in [-0.39, 0.29) is 0 Å². The van der Waals surface area contributed by atoms with Gasteiger partial charge in [-0.3, -0.25) is 0 Å². The van der Waals surface area contributed by atoms with Gasteiger partial charge in [-0.25, -0.2) is 4.98 Å². The van der Waals surface area contributed by atoms with Crippen molar-refractivity contribution in [3.05, 3.63) is 11.9 Å². The molecule has 0 saturated carbocycles. The van der Waals surface area contributed by atoms with Crippen molar-refractivity contribution in [3.63, 3.8) is 0 Å². The van der Waals surface area contributed by atoms with Gasteiger partial charge in [0.25, 0.3) is 0 Å². The molecule has 0 bridgehead atoms. The standard InChI is InChI=1S/C12H23N3OS/c1-10-8-15(11(2)9-17-4)12(14-10)13-6-5-7-16-3/h8,11H,5-7,9H2,1-4H3,(H,13,14). The van der Waals surface area contributed by atoms with Crippen LogP contribution in [0.1, 0.15) is 25.1 Å². The van der Waals surface area contributed by atoms with E-state index in [2.05, 4.69) is 34.2 Å². The highest BCUT2D eigenvalue weighted by Gasteiger charge is 2.10. The van der Waals surface area contributed by atoms with E-state index >= 15 is 0 Å². The van der Waals surface area contributed by atoms with Crippen LogP contribution in [0, 0.1) is 6.92 Å². The molecule has 4 nitrogen and oxygen atoms in total. The third-order valence-corrected chi connectivity index (χ3v) is 3.36. The zero-order valence-corrected chi connectivity index (χ0v) is 12.0. The molecule has 17 heavy (non-hydrogen) atoms. The summed E-state index contributed by atoms with van der Waals surface area (Å²) in [5, 5.41) is 3.37. The van der Waals surface area contributed by atoms with Gasteiger partial charge in [-0.15, -0.1) is 0 Å². The number of aryl methyl sites for hydroxylation is 1. The second-order valence-corrected chi connectivity index (χ2v) is 5.10. The van der Waals surface area contributed by atoms with Crippen LogP contribution in [-0.2, 0) is 4.74 Å². The summed E-state index contributed by atoms with van der Waals surface area (Å²) in [5.41, 5.74) is 1.06. The minimum atomic E-state index is 0.469. The minimum Gasteiger partial charge on any atom is -0.385 e. The van der Waals surface area contributed by atoms with E-state index in [1.54, 1.807) is 7.11 Å². The van der Waals surface area contributed by atoms with Crippen LogP contribution in [0.4, 0.5) is 5.95 Å². The summed E-state index contributed by atoms with van der Waals surface area (Å²) in [6.45, 7) is 5.93. The SMILES string of the molecule is COCCCNc1nc(C)cn1C(C)CSC. The smallest absolute Gasteiger partial charge is 0.203 e. The Morgan fingerprint density at radius 2 is 2.35 bits per heavy atom. The van der Waals surface area contributed by atoms with Crippen LogP contribution in [0.15, 0.2) is 6.20 Å². The highest BCUT2D eigenvalue weighted by Crippen LogP contribution is 2.18. The van der Waals surface area contributed by atoms with Gasteiger partial charge in [0.15, 0.2) is 0 Å². The molecular formula is C12H23N3OS. The largest absolute Gasteiger partial charge is 0.385 e. The Bertz CT molecular complexity index is 328. The third kappa shape index (κ3) is 4.60. The van der Waals surface area contributed by atoms with Crippen molar-refractivity contribution in [2.45, 2.75) is 26.3 Å². The first-order valence-corrected chi connectivity index (χ1v) is 7.35. The number of aromatic nitrogens is 2. The summed E-state index contributed by atoms with van der Waals surface area (Å²) in [5.74, 6) is 2.07. The lowest BCUT2D eigenvalue weighted by Gasteiger charge is -2.15. The normalized spacial score (nSPS) is 12.7. The molecule has 1 aromatic rings. The van der Waals surface area contributed by atoms with Crippen LogP contribution in [0.5, 0.6) is 0 Å². The number of rotatable bonds is 8. The quantitative estimate of drug-likeness (QED) is 0.727. The summed E-state index contributed by atoms with van der Waals surface area (Å²) in [6.07, 6.45) is 5.24. The molecule has 0 fully saturated rings. The molecule has 0 aromatic carbocycles. The fraction of sp³-hybridized carbons (Fsp3) is 0.750. The zero-order chi connectivity index (χ0) is 12.7. The van der Waals surface area contributed by atoms with Crippen LogP contribution >= 0.6 is 11.8 Å². The molecule has 0 spiro atoms. The molecule has 0 saturated heterocycles. The number of hydrogen-bond donors (Lipinski definition) is 1. The number of ether oxygens (including phenoxy) is 1. The number of anilines is 1. The highest BCUT2D eigenvalue weighted by atomic mass is 32.2. The Morgan fingerprint density at radius 1 is 1.59 bits per heavy atom. The highest BCUT2D eigenvalue weighted by molar-refractivity contribution is 7.98. The summed E-state index contributed by atoms with van der Waals surface area (Å²) in [6, 6.07) is 0.469. The Hall–Kier alpha value is -0.680. The molecule has 1 aromatic heterocycles. The Balaban J connectivity index is 2.57. The lowest BCUT2D eigenvalue weighted by Crippen LogP contribution is -2.14. The average molecular weight is 257 g/mol. The van der Waals surface area contributed by atoms with Gasteiger partial charge >= 0.3 is 0 Å². The molecule has 0 amide bonds. The van der Waals surface area contributed by atoms with E-state index in [9.17, 15) is 0 Å². The van der Waals surface area contributed by atoms with E-state index < -0.39 is 0 Å². The van der Waals surface area contributed by atoms with Gasteiger partial charge in [0.1, 0.15) is 0 Å². The molecule has 0 radical (unpaired) electrons. The fourth-order valence-electron chi connectivity index (χ4n) is 1.72. The second-order valence-electron chi connectivity index (χ2n) is 4.19. The molecule has 1 rings (SSSR count). The first-order chi connectivity index (χ1) is 8.19. The van der Waals surface area contributed by atoms with E-state index in [1.807, 2.05) is 18.7 Å². The summed E-state index contributed by atoms with van der Waals surface area (Å²) >= 11 is 1.86. The molecular weight excluding hydrogens is 234 g/mol. The van der Waals surface area contributed by atoms with Crippen molar-refractivity contribution in [3.8, 4) is 0 Å². The van der Waals surface area contributed by atoms with Crippen molar-refractivity contribution in [1.82, 2.24) is 9.55 Å². The van der Waals surface area contributed by atoms with E-state index in [4.69, 9.17) is 4.74 Å². The Labute approximate surface area is 108 Å². The summed E-state index contributed by atoms with van der Waals surface area (Å²) < 4.78 is 7.25. The maximum atomic E-state index is 5.03. The van der Waals surface area contributed by atoms with Crippen molar-refractivity contribution in [2.24, 2.45) is 0 Å². The van der Waals surface area contributed by atoms with Gasteiger partial charge in [0.2, 0.25) is 5.95 Å². The predicted octanol–water partition coefficient (Wildman–Crippen LogP) is 2.56. The number of methoxy groups -OCH3 is 1. The predicted molar refractivity (Wildman–Crippen MR) is 75.0 cm³/mol. The van der Waals surface area contributed by atoms with Crippen molar-refractivity contribution >= 4 is 17.7 Å². The van der Waals surface area contributed by atoms with Crippen LogP contribution in [0.2, 0.25) is 0 Å². The molecule has 0 aliphatic heterocycles. The average Bonchev–Trinajstić information content (AvgIpc) is 2.66. The summed E-state index contributed by atoms with van der Waals surface area (Å²) in [7, 11) is 1.73. The number of imidazole rings is 1. The first-order valence-electron chi connectivity index (χ1n) is 5.96. The Kier molecular flexibility index (Phi) is 6.44. The molecule has 0 aliphatic carbocycles. The second kappa shape index (κ2) is 7.61. The fourth-order valence-corrected chi connectivity index (χ4v) is 2.36. The molecule has 0 aliphatic rings. The van der Waals surface area contributed by atoms with Gasteiger partial charge in [-0.05, 0) is 26.5 Å². The Morgan fingerprint density at radius 3 is 3.00 bits per heavy atom. The van der Waals surface area contributed by atoms with Crippen LogP contribution in [-0.4, -0.2) is 41.8 Å². The maximum Gasteiger partial charge on any atom is 0.203 e. The third-order valence-electron chi connectivity index (χ3n) is 2.54. The first kappa shape index (κ1) is 14.4. The molecule has 1 atom stereocenters. The monoisotopic (exact) mass is 257 g/mol. The van der Waals surface area contributed by atoms with Crippen LogP contribution < -0.4 is 5.32 Å². The topological polar surface area (TPSA) is 39.1 Å². The molecule has 1 unspecified atom stereocenters. The van der Waals surface area contributed by atoms with Gasteiger partial charge in [-0.2, -0.15) is 11.8 Å². The molecule has 5 heteroatoms. The van der Waals surface area contributed by atoms with Gasteiger partial charge in [0.05, 0.1) is 5.69 Å². The lowest BCUT2D eigenvalue weighted by atomic mass is 10.4. The number of hydrogen-bond acceptors (Lipinski definition) is 4. The van der Waals surface area contributed by atoms with E-state index in [0.29, 0.717) is 6.04 Å². The van der Waals surface area contributed by atoms with Crippen LogP contribution in [0.3, 0.4) is 0 Å². The summed E-state index contributed by atoms with van der Waals surface area (Å²) in [4.78, 5) is 4.51. The van der Waals surface area contributed by atoms with E-state index in [1.165, 1.54) is 0 Å². The van der Waals surface area contributed by atoms with E-state index in [0.717, 1.165) is 37.0 Å². The number of nitrogens with zero attached hydrogens (tertiary/aromatic N) is 2. The van der Waals surface area contributed by atoms with Crippen molar-refractivity contribution in [2.75, 3.05) is 37.6 Å². The lowest BCUT2D eigenvalue weighted by molar-refractivity contribution is 0.197. The van der Waals surface area contributed by atoms with Crippen LogP contribution in [0.25, 0.3) is 0 Å². The van der Waals surface area contributed by atoms with Gasteiger partial charge in [0, 0.05) is 38.3 Å². The molecule has 1 heterocycles.